The van der Waals surface area contributed by atoms with Gasteiger partial charge in [0.25, 0.3) is 21.6 Å². The quantitative estimate of drug-likeness (QED) is 0.354. The third-order valence-corrected chi connectivity index (χ3v) is 7.79. The van der Waals surface area contributed by atoms with Crippen LogP contribution in [0.2, 0.25) is 0 Å². The van der Waals surface area contributed by atoms with Crippen molar-refractivity contribution in [2.45, 2.75) is 17.7 Å². The molecular formula is C22H23N5O5S2. The molecule has 34 heavy (non-hydrogen) atoms. The Morgan fingerprint density at radius 2 is 1.91 bits per heavy atom. The number of piperidine rings is 1. The highest BCUT2D eigenvalue weighted by Gasteiger charge is 2.25. The molecular weight excluding hydrogens is 478 g/mol. The van der Waals surface area contributed by atoms with E-state index in [0.29, 0.717) is 12.5 Å². The molecule has 0 aliphatic carbocycles. The summed E-state index contributed by atoms with van der Waals surface area (Å²) in [5.41, 5.74) is 0.0377. The second-order valence-electron chi connectivity index (χ2n) is 7.86. The van der Waals surface area contributed by atoms with Gasteiger partial charge in [-0.25, -0.2) is 18.1 Å². The van der Waals surface area contributed by atoms with Crippen molar-refractivity contribution in [1.82, 2.24) is 9.71 Å². The summed E-state index contributed by atoms with van der Waals surface area (Å²) in [4.78, 5) is 29.5. The standard InChI is InChI=1S/C22H23N5O5S2/c28-21(17-4-2-1-3-5-17)25-34(31,32)18-6-7-19(20(14-18)27(29)30)24-15-16-8-11-26(12-9-16)22-23-10-13-33-22/h1-7,10,13-14,16,24H,8-9,11-12,15H2,(H,25,28). The maximum atomic E-state index is 12.7. The van der Waals surface area contributed by atoms with E-state index in [1.165, 1.54) is 24.3 Å². The minimum absolute atomic E-state index is 0.166. The number of hydrogen-bond donors (Lipinski definition) is 2. The molecule has 1 amide bonds. The SMILES string of the molecule is O=C(NS(=O)(=O)c1ccc(NCC2CCN(c3nccs3)CC2)c([N+](=O)[O-])c1)c1ccccc1. The lowest BCUT2D eigenvalue weighted by Crippen LogP contribution is -2.35. The summed E-state index contributed by atoms with van der Waals surface area (Å²) < 4.78 is 27.3. The molecule has 2 aromatic carbocycles. The number of hydrogen-bond acceptors (Lipinski definition) is 9. The van der Waals surface area contributed by atoms with E-state index in [-0.39, 0.29) is 21.8 Å². The van der Waals surface area contributed by atoms with Crippen molar-refractivity contribution in [3.63, 3.8) is 0 Å². The number of nitro benzene ring substituents is 1. The largest absolute Gasteiger partial charge is 0.379 e. The van der Waals surface area contributed by atoms with E-state index in [9.17, 15) is 23.3 Å². The number of aromatic nitrogens is 1. The summed E-state index contributed by atoms with van der Waals surface area (Å²) in [6, 6.07) is 11.4. The van der Waals surface area contributed by atoms with Crippen molar-refractivity contribution < 1.29 is 18.1 Å². The average molecular weight is 502 g/mol. The molecule has 0 atom stereocenters. The van der Waals surface area contributed by atoms with Crippen LogP contribution in [0.25, 0.3) is 0 Å². The minimum Gasteiger partial charge on any atom is -0.379 e. The summed E-state index contributed by atoms with van der Waals surface area (Å²) in [6.45, 7) is 2.25. The maximum absolute atomic E-state index is 12.7. The molecule has 2 heterocycles. The van der Waals surface area contributed by atoms with Gasteiger partial charge in [-0.2, -0.15) is 0 Å². The minimum atomic E-state index is -4.29. The number of carbonyl (C=O) groups is 1. The third-order valence-electron chi connectivity index (χ3n) is 5.62. The number of amides is 1. The number of benzene rings is 2. The fourth-order valence-electron chi connectivity index (χ4n) is 3.76. The van der Waals surface area contributed by atoms with E-state index in [1.54, 1.807) is 35.7 Å². The third kappa shape index (κ3) is 5.51. The second kappa shape index (κ2) is 10.2. The highest BCUT2D eigenvalue weighted by molar-refractivity contribution is 7.90. The summed E-state index contributed by atoms with van der Waals surface area (Å²) in [6.07, 6.45) is 3.61. The van der Waals surface area contributed by atoms with Crippen LogP contribution in [-0.2, 0) is 10.0 Å². The summed E-state index contributed by atoms with van der Waals surface area (Å²) in [7, 11) is -4.29. The molecule has 178 valence electrons. The van der Waals surface area contributed by atoms with Gasteiger partial charge in [-0.15, -0.1) is 11.3 Å². The van der Waals surface area contributed by atoms with E-state index in [2.05, 4.69) is 15.2 Å². The van der Waals surface area contributed by atoms with Gasteiger partial charge in [0.2, 0.25) is 0 Å². The molecule has 1 fully saturated rings. The Balaban J connectivity index is 1.41. The van der Waals surface area contributed by atoms with Gasteiger partial charge in [-0.1, -0.05) is 18.2 Å². The molecule has 10 nitrogen and oxygen atoms in total. The van der Waals surface area contributed by atoms with E-state index >= 15 is 0 Å². The zero-order valence-electron chi connectivity index (χ0n) is 18.1. The van der Waals surface area contributed by atoms with Gasteiger partial charge in [-0.05, 0) is 43.0 Å². The number of carbonyl (C=O) groups excluding carboxylic acids is 1. The fraction of sp³-hybridized carbons (Fsp3) is 0.273. The van der Waals surface area contributed by atoms with Crippen LogP contribution in [0.15, 0.2) is 65.0 Å². The zero-order chi connectivity index (χ0) is 24.1. The van der Waals surface area contributed by atoms with E-state index < -0.39 is 20.9 Å². The maximum Gasteiger partial charge on any atom is 0.293 e. The van der Waals surface area contributed by atoms with Crippen molar-refractivity contribution in [3.05, 3.63) is 75.8 Å². The molecule has 3 aromatic rings. The highest BCUT2D eigenvalue weighted by Crippen LogP contribution is 2.30. The predicted molar refractivity (Wildman–Crippen MR) is 130 cm³/mol. The van der Waals surface area contributed by atoms with Gasteiger partial charge in [0.05, 0.1) is 9.82 Å². The van der Waals surface area contributed by atoms with Crippen molar-refractivity contribution in [2.75, 3.05) is 29.9 Å². The van der Waals surface area contributed by atoms with E-state index in [0.717, 1.165) is 37.1 Å². The molecule has 0 spiro atoms. The molecule has 4 rings (SSSR count). The Morgan fingerprint density at radius 1 is 1.18 bits per heavy atom. The molecule has 0 saturated carbocycles. The Bertz CT molecular complexity index is 1260. The Labute approximate surface area is 200 Å². The van der Waals surface area contributed by atoms with Gasteiger partial charge >= 0.3 is 0 Å². The first kappa shape index (κ1) is 23.6. The van der Waals surface area contributed by atoms with Crippen LogP contribution in [-0.4, -0.2) is 43.9 Å². The van der Waals surface area contributed by atoms with Crippen LogP contribution in [0, 0.1) is 16.0 Å². The predicted octanol–water partition coefficient (Wildman–Crippen LogP) is 3.50. The normalized spacial score (nSPS) is 14.5. The smallest absolute Gasteiger partial charge is 0.293 e. The van der Waals surface area contributed by atoms with Crippen LogP contribution < -0.4 is 14.9 Å². The van der Waals surface area contributed by atoms with E-state index in [4.69, 9.17) is 0 Å². The Hall–Kier alpha value is -3.51. The van der Waals surface area contributed by atoms with Gasteiger partial charge < -0.3 is 10.2 Å². The monoisotopic (exact) mass is 501 g/mol. The number of nitro groups is 1. The van der Waals surface area contributed by atoms with Gasteiger partial charge in [0.15, 0.2) is 5.13 Å². The number of thiazole rings is 1. The first-order valence-electron chi connectivity index (χ1n) is 10.6. The molecule has 12 heteroatoms. The molecule has 0 radical (unpaired) electrons. The van der Waals surface area contributed by atoms with Crippen LogP contribution in [0.5, 0.6) is 0 Å². The highest BCUT2D eigenvalue weighted by atomic mass is 32.2. The van der Waals surface area contributed by atoms with Gasteiger partial charge in [0, 0.05) is 42.8 Å². The fourth-order valence-corrected chi connectivity index (χ4v) is 5.45. The van der Waals surface area contributed by atoms with Crippen molar-refractivity contribution in [1.29, 1.82) is 0 Å². The molecule has 1 saturated heterocycles. The number of sulfonamides is 1. The number of anilines is 2. The lowest BCUT2D eigenvalue weighted by molar-refractivity contribution is -0.384. The van der Waals surface area contributed by atoms with Gasteiger partial charge in [0.1, 0.15) is 5.69 Å². The lowest BCUT2D eigenvalue weighted by atomic mass is 9.97. The second-order valence-corrected chi connectivity index (χ2v) is 10.4. The lowest BCUT2D eigenvalue weighted by Gasteiger charge is -2.31. The van der Waals surface area contributed by atoms with E-state index in [1.807, 2.05) is 10.1 Å². The van der Waals surface area contributed by atoms with Crippen LogP contribution in [0.1, 0.15) is 23.2 Å². The number of rotatable bonds is 8. The first-order valence-corrected chi connectivity index (χ1v) is 13.0. The van der Waals surface area contributed by atoms with Crippen LogP contribution in [0.3, 0.4) is 0 Å². The van der Waals surface area contributed by atoms with Crippen LogP contribution >= 0.6 is 11.3 Å². The number of nitrogens with zero attached hydrogens (tertiary/aromatic N) is 3. The topological polar surface area (TPSA) is 135 Å². The molecule has 2 N–H and O–H groups in total. The zero-order valence-corrected chi connectivity index (χ0v) is 19.7. The van der Waals surface area contributed by atoms with Crippen molar-refractivity contribution in [2.24, 2.45) is 5.92 Å². The summed E-state index contributed by atoms with van der Waals surface area (Å²) >= 11 is 1.60. The molecule has 0 bridgehead atoms. The molecule has 0 unspecified atom stereocenters. The Morgan fingerprint density at radius 3 is 2.56 bits per heavy atom. The molecule has 1 aliphatic rings. The molecule has 1 aromatic heterocycles. The summed E-state index contributed by atoms with van der Waals surface area (Å²) in [5, 5.41) is 17.7. The molecule has 1 aliphatic heterocycles. The van der Waals surface area contributed by atoms with Crippen LogP contribution in [0.4, 0.5) is 16.5 Å². The van der Waals surface area contributed by atoms with Crippen molar-refractivity contribution >= 4 is 43.8 Å². The first-order chi connectivity index (χ1) is 16.3. The average Bonchev–Trinajstić information content (AvgIpc) is 3.38. The summed E-state index contributed by atoms with van der Waals surface area (Å²) in [5.74, 6) is -0.487. The number of nitrogens with one attached hydrogen (secondary N) is 2. The Kier molecular flexibility index (Phi) is 7.08. The van der Waals surface area contributed by atoms with Crippen molar-refractivity contribution in [3.8, 4) is 0 Å². The van der Waals surface area contributed by atoms with Gasteiger partial charge in [-0.3, -0.25) is 14.9 Å².